The van der Waals surface area contributed by atoms with Crippen LogP contribution in [0.25, 0.3) is 0 Å². The summed E-state index contributed by atoms with van der Waals surface area (Å²) in [5.41, 5.74) is 1.37. The SMILES string of the molecule is CCOC(=O)c1cnc(C2CC2)cc1N1CC[C@](C)(NC(=O)OC(C)(C)C)C1. The second kappa shape index (κ2) is 7.60. The van der Waals surface area contributed by atoms with E-state index in [0.717, 1.165) is 37.2 Å². The fourth-order valence-corrected chi connectivity index (χ4v) is 3.51. The van der Waals surface area contributed by atoms with Gasteiger partial charge in [0.2, 0.25) is 0 Å². The highest BCUT2D eigenvalue weighted by Crippen LogP contribution is 2.41. The van der Waals surface area contributed by atoms with Gasteiger partial charge in [0.1, 0.15) is 11.2 Å². The predicted octanol–water partition coefficient (Wildman–Crippen LogP) is 3.63. The molecule has 2 heterocycles. The van der Waals surface area contributed by atoms with Gasteiger partial charge < -0.3 is 19.7 Å². The molecule has 2 aliphatic rings. The Labute approximate surface area is 166 Å². The highest BCUT2D eigenvalue weighted by molar-refractivity contribution is 5.95. The summed E-state index contributed by atoms with van der Waals surface area (Å²) in [6, 6.07) is 2.02. The number of alkyl carbamates (subject to hydrolysis) is 1. The molecular formula is C21H31N3O4. The van der Waals surface area contributed by atoms with Gasteiger partial charge in [0.25, 0.3) is 0 Å². The fourth-order valence-electron chi connectivity index (χ4n) is 3.51. The number of amides is 1. The fraction of sp³-hybridized carbons (Fsp3) is 0.667. The Hall–Kier alpha value is -2.31. The van der Waals surface area contributed by atoms with Crippen LogP contribution in [0.2, 0.25) is 0 Å². The normalized spacial score (nSPS) is 22.1. The van der Waals surface area contributed by atoms with E-state index >= 15 is 0 Å². The molecule has 3 rings (SSSR count). The van der Waals surface area contributed by atoms with Crippen molar-refractivity contribution in [2.45, 2.75) is 70.9 Å². The number of carbonyl (C=O) groups is 2. The number of pyridine rings is 1. The Morgan fingerprint density at radius 3 is 2.68 bits per heavy atom. The van der Waals surface area contributed by atoms with Crippen molar-refractivity contribution < 1.29 is 19.1 Å². The minimum atomic E-state index is -0.542. The van der Waals surface area contributed by atoms with Gasteiger partial charge in [-0.05, 0) is 59.9 Å². The molecule has 28 heavy (non-hydrogen) atoms. The monoisotopic (exact) mass is 389 g/mol. The summed E-state index contributed by atoms with van der Waals surface area (Å²) in [5.74, 6) is 0.130. The molecule has 1 atom stereocenters. The molecule has 0 unspecified atom stereocenters. The van der Waals surface area contributed by atoms with E-state index in [9.17, 15) is 9.59 Å². The molecule has 1 saturated carbocycles. The number of rotatable bonds is 5. The topological polar surface area (TPSA) is 80.8 Å². The van der Waals surface area contributed by atoms with Crippen molar-refractivity contribution in [3.8, 4) is 0 Å². The van der Waals surface area contributed by atoms with E-state index in [2.05, 4.69) is 15.2 Å². The van der Waals surface area contributed by atoms with Crippen molar-refractivity contribution in [3.05, 3.63) is 23.5 Å². The van der Waals surface area contributed by atoms with Gasteiger partial charge in [0, 0.05) is 30.9 Å². The lowest BCUT2D eigenvalue weighted by atomic mass is 10.0. The second-order valence-corrected chi connectivity index (χ2v) is 8.98. The van der Waals surface area contributed by atoms with Crippen molar-refractivity contribution in [1.82, 2.24) is 10.3 Å². The van der Waals surface area contributed by atoms with E-state index < -0.39 is 17.2 Å². The molecule has 1 aromatic rings. The third-order valence-electron chi connectivity index (χ3n) is 5.01. The van der Waals surface area contributed by atoms with Crippen molar-refractivity contribution in [3.63, 3.8) is 0 Å². The van der Waals surface area contributed by atoms with E-state index in [4.69, 9.17) is 9.47 Å². The lowest BCUT2D eigenvalue weighted by molar-refractivity contribution is 0.0470. The number of aromatic nitrogens is 1. The number of nitrogens with one attached hydrogen (secondary N) is 1. The van der Waals surface area contributed by atoms with Crippen molar-refractivity contribution in [1.29, 1.82) is 0 Å². The first-order chi connectivity index (χ1) is 13.1. The molecule has 0 aromatic carbocycles. The van der Waals surface area contributed by atoms with Crippen LogP contribution in [0, 0.1) is 0 Å². The zero-order valence-electron chi connectivity index (χ0n) is 17.5. The van der Waals surface area contributed by atoms with E-state index in [0.29, 0.717) is 24.6 Å². The zero-order chi connectivity index (χ0) is 20.5. The molecule has 1 aromatic heterocycles. The standard InChI is InChI=1S/C21H31N3O4/c1-6-27-18(25)15-12-22-16(14-7-8-14)11-17(15)24-10-9-21(5,13-24)23-19(26)28-20(2,3)4/h11-12,14H,6-10,13H2,1-5H3,(H,23,26)/t21-/m0/s1. The maximum absolute atomic E-state index is 12.4. The number of nitrogens with zero attached hydrogens (tertiary/aromatic N) is 2. The van der Waals surface area contributed by atoms with E-state index in [-0.39, 0.29) is 5.97 Å². The molecule has 7 nitrogen and oxygen atoms in total. The molecule has 154 valence electrons. The van der Waals surface area contributed by atoms with Crippen LogP contribution in [-0.4, -0.2) is 47.9 Å². The first-order valence-corrected chi connectivity index (χ1v) is 10.0. The Morgan fingerprint density at radius 2 is 2.07 bits per heavy atom. The average molecular weight is 389 g/mol. The van der Waals surface area contributed by atoms with Crippen LogP contribution in [0.1, 0.15) is 75.9 Å². The van der Waals surface area contributed by atoms with Gasteiger partial charge in [-0.1, -0.05) is 0 Å². The Bertz CT molecular complexity index is 755. The van der Waals surface area contributed by atoms with Crippen LogP contribution in [0.3, 0.4) is 0 Å². The maximum atomic E-state index is 12.4. The minimum absolute atomic E-state index is 0.320. The average Bonchev–Trinajstić information content (AvgIpc) is 3.36. The van der Waals surface area contributed by atoms with Gasteiger partial charge in [0.05, 0.1) is 17.8 Å². The lowest BCUT2D eigenvalue weighted by Gasteiger charge is -2.29. The first kappa shape index (κ1) is 20.4. The largest absolute Gasteiger partial charge is 0.462 e. The van der Waals surface area contributed by atoms with Crippen LogP contribution in [0.15, 0.2) is 12.3 Å². The van der Waals surface area contributed by atoms with Gasteiger partial charge in [-0.3, -0.25) is 4.98 Å². The minimum Gasteiger partial charge on any atom is -0.462 e. The molecule has 1 aliphatic carbocycles. The summed E-state index contributed by atoms with van der Waals surface area (Å²) in [5, 5.41) is 3.00. The van der Waals surface area contributed by atoms with E-state index in [1.54, 1.807) is 13.1 Å². The highest BCUT2D eigenvalue weighted by atomic mass is 16.6. The number of carbonyl (C=O) groups excluding carboxylic acids is 2. The molecule has 1 aliphatic heterocycles. The van der Waals surface area contributed by atoms with Crippen molar-refractivity contribution in [2.75, 3.05) is 24.6 Å². The number of ether oxygens (including phenoxy) is 2. The first-order valence-electron chi connectivity index (χ1n) is 10.0. The molecule has 0 bridgehead atoms. The van der Waals surface area contributed by atoms with Gasteiger partial charge in [-0.15, -0.1) is 0 Å². The molecule has 0 radical (unpaired) electrons. The van der Waals surface area contributed by atoms with Gasteiger partial charge in [-0.25, -0.2) is 9.59 Å². The van der Waals surface area contributed by atoms with Crippen molar-refractivity contribution in [2.24, 2.45) is 0 Å². The van der Waals surface area contributed by atoms with Crippen LogP contribution in [-0.2, 0) is 9.47 Å². The maximum Gasteiger partial charge on any atom is 0.408 e. The molecule has 0 spiro atoms. The highest BCUT2D eigenvalue weighted by Gasteiger charge is 2.38. The predicted molar refractivity (Wildman–Crippen MR) is 107 cm³/mol. The van der Waals surface area contributed by atoms with Gasteiger partial charge >= 0.3 is 12.1 Å². The molecular weight excluding hydrogens is 358 g/mol. The summed E-state index contributed by atoms with van der Waals surface area (Å²) in [7, 11) is 0. The third-order valence-corrected chi connectivity index (χ3v) is 5.01. The quantitative estimate of drug-likeness (QED) is 0.775. The number of hydrogen-bond acceptors (Lipinski definition) is 6. The number of anilines is 1. The second-order valence-electron chi connectivity index (χ2n) is 8.98. The van der Waals surface area contributed by atoms with Gasteiger partial charge in [0.15, 0.2) is 0 Å². The van der Waals surface area contributed by atoms with Crippen molar-refractivity contribution >= 4 is 17.7 Å². The molecule has 1 saturated heterocycles. The zero-order valence-corrected chi connectivity index (χ0v) is 17.5. The smallest absolute Gasteiger partial charge is 0.408 e. The summed E-state index contributed by atoms with van der Waals surface area (Å²) in [4.78, 5) is 31.3. The lowest BCUT2D eigenvalue weighted by Crippen LogP contribution is -2.49. The molecule has 7 heteroatoms. The number of esters is 1. The summed E-state index contributed by atoms with van der Waals surface area (Å²) in [6.07, 6.45) is 4.26. The van der Waals surface area contributed by atoms with E-state index in [1.165, 1.54) is 0 Å². The van der Waals surface area contributed by atoms with Gasteiger partial charge in [-0.2, -0.15) is 0 Å². The third kappa shape index (κ3) is 4.94. The Morgan fingerprint density at radius 1 is 1.36 bits per heavy atom. The molecule has 2 fully saturated rings. The summed E-state index contributed by atoms with van der Waals surface area (Å²) in [6.45, 7) is 11.0. The Balaban J connectivity index is 1.78. The summed E-state index contributed by atoms with van der Waals surface area (Å²) >= 11 is 0. The Kier molecular flexibility index (Phi) is 5.55. The van der Waals surface area contributed by atoms with Crippen LogP contribution in [0.5, 0.6) is 0 Å². The molecule has 1 N–H and O–H groups in total. The van der Waals surface area contributed by atoms with Crippen LogP contribution >= 0.6 is 0 Å². The van der Waals surface area contributed by atoms with Crippen LogP contribution in [0.4, 0.5) is 10.5 Å². The summed E-state index contributed by atoms with van der Waals surface area (Å²) < 4.78 is 10.6. The van der Waals surface area contributed by atoms with E-state index in [1.807, 2.05) is 33.8 Å². The molecule has 1 amide bonds. The van der Waals surface area contributed by atoms with Crippen LogP contribution < -0.4 is 10.2 Å². The number of hydrogen-bond donors (Lipinski definition) is 1.